The summed E-state index contributed by atoms with van der Waals surface area (Å²) in [7, 11) is 0. The van der Waals surface area contributed by atoms with Gasteiger partial charge in [-0.15, -0.1) is 12.3 Å². The molecule has 1 atom stereocenters. The van der Waals surface area contributed by atoms with Crippen molar-refractivity contribution in [3.05, 3.63) is 0 Å². The first-order valence-electron chi connectivity index (χ1n) is 7.64. The zero-order valence-corrected chi connectivity index (χ0v) is 12.3. The molecular formula is C16H29NO2. The minimum absolute atomic E-state index is 0.0600. The molecule has 0 aromatic heterocycles. The second-order valence-electron chi connectivity index (χ2n) is 5.50. The monoisotopic (exact) mass is 267 g/mol. The standard InChI is InChI=1S/C16H29NO2/c1-3-5-11-18-13-15(17)10-12-19-16-8-6-14(4-2)7-9-16/h1,14-16H,4-13,17H2,2H3. The molecule has 1 fully saturated rings. The Bertz CT molecular complexity index is 254. The van der Waals surface area contributed by atoms with E-state index >= 15 is 0 Å². The smallest absolute Gasteiger partial charge is 0.0618 e. The molecule has 2 N–H and O–H groups in total. The van der Waals surface area contributed by atoms with Gasteiger partial charge >= 0.3 is 0 Å². The van der Waals surface area contributed by atoms with Crippen molar-refractivity contribution in [3.8, 4) is 12.3 Å². The quantitative estimate of drug-likeness (QED) is 0.516. The molecule has 0 aliphatic heterocycles. The Labute approximate surface area is 118 Å². The number of nitrogens with two attached hydrogens (primary N) is 1. The number of rotatable bonds is 9. The molecule has 0 bridgehead atoms. The fraction of sp³-hybridized carbons (Fsp3) is 0.875. The maximum absolute atomic E-state index is 5.96. The zero-order valence-electron chi connectivity index (χ0n) is 12.3. The summed E-state index contributed by atoms with van der Waals surface area (Å²) in [5.41, 5.74) is 5.96. The Kier molecular flexibility index (Phi) is 8.90. The first-order valence-corrected chi connectivity index (χ1v) is 7.64. The van der Waals surface area contributed by atoms with Crippen molar-refractivity contribution in [2.45, 2.75) is 64.0 Å². The second-order valence-corrected chi connectivity index (χ2v) is 5.50. The highest BCUT2D eigenvalue weighted by molar-refractivity contribution is 4.82. The van der Waals surface area contributed by atoms with E-state index in [2.05, 4.69) is 12.8 Å². The van der Waals surface area contributed by atoms with Crippen LogP contribution in [-0.4, -0.2) is 32.0 Å². The molecule has 0 amide bonds. The van der Waals surface area contributed by atoms with Gasteiger partial charge in [0.25, 0.3) is 0 Å². The minimum Gasteiger partial charge on any atom is -0.379 e. The van der Waals surface area contributed by atoms with E-state index in [0.29, 0.717) is 25.7 Å². The van der Waals surface area contributed by atoms with Crippen molar-refractivity contribution in [2.24, 2.45) is 11.7 Å². The maximum Gasteiger partial charge on any atom is 0.0618 e. The van der Waals surface area contributed by atoms with Gasteiger partial charge in [0, 0.05) is 19.1 Å². The van der Waals surface area contributed by atoms with Gasteiger partial charge in [-0.25, -0.2) is 0 Å². The molecule has 1 aliphatic carbocycles. The summed E-state index contributed by atoms with van der Waals surface area (Å²) >= 11 is 0. The average Bonchev–Trinajstić information content (AvgIpc) is 2.44. The Morgan fingerprint density at radius 3 is 2.63 bits per heavy atom. The van der Waals surface area contributed by atoms with Gasteiger partial charge in [0.05, 0.1) is 19.3 Å². The van der Waals surface area contributed by atoms with Crippen LogP contribution in [-0.2, 0) is 9.47 Å². The Morgan fingerprint density at radius 1 is 1.26 bits per heavy atom. The summed E-state index contributed by atoms with van der Waals surface area (Å²) < 4.78 is 11.3. The van der Waals surface area contributed by atoms with E-state index in [-0.39, 0.29) is 6.04 Å². The Hall–Kier alpha value is -0.560. The lowest BCUT2D eigenvalue weighted by Crippen LogP contribution is -2.29. The van der Waals surface area contributed by atoms with Gasteiger partial charge in [-0.3, -0.25) is 0 Å². The number of hydrogen-bond donors (Lipinski definition) is 1. The van der Waals surface area contributed by atoms with Crippen molar-refractivity contribution < 1.29 is 9.47 Å². The van der Waals surface area contributed by atoms with E-state index in [9.17, 15) is 0 Å². The highest BCUT2D eigenvalue weighted by Crippen LogP contribution is 2.28. The molecule has 3 heteroatoms. The SMILES string of the molecule is C#CCCOCC(N)CCOC1CCC(CC)CC1. The van der Waals surface area contributed by atoms with Crippen LogP contribution in [0.15, 0.2) is 0 Å². The van der Waals surface area contributed by atoms with Crippen LogP contribution >= 0.6 is 0 Å². The third-order valence-electron chi connectivity index (χ3n) is 3.94. The van der Waals surface area contributed by atoms with E-state index in [1.807, 2.05) is 0 Å². The van der Waals surface area contributed by atoms with Gasteiger partial charge in [-0.2, -0.15) is 0 Å². The molecule has 0 saturated heterocycles. The summed E-state index contributed by atoms with van der Waals surface area (Å²) in [4.78, 5) is 0. The van der Waals surface area contributed by atoms with Crippen LogP contribution in [0.3, 0.4) is 0 Å². The molecule has 0 aromatic carbocycles. The van der Waals surface area contributed by atoms with E-state index in [4.69, 9.17) is 21.6 Å². The first-order chi connectivity index (χ1) is 9.26. The number of ether oxygens (including phenoxy) is 2. The Balaban J connectivity index is 1.96. The van der Waals surface area contributed by atoms with Crippen LogP contribution in [0.2, 0.25) is 0 Å². The normalized spacial score (nSPS) is 24.9. The molecule has 1 rings (SSSR count). The molecule has 0 aromatic rings. The predicted molar refractivity (Wildman–Crippen MR) is 78.9 cm³/mol. The van der Waals surface area contributed by atoms with E-state index < -0.39 is 0 Å². The van der Waals surface area contributed by atoms with Crippen LogP contribution in [0.4, 0.5) is 0 Å². The topological polar surface area (TPSA) is 44.5 Å². The molecule has 3 nitrogen and oxygen atoms in total. The summed E-state index contributed by atoms with van der Waals surface area (Å²) in [5, 5.41) is 0. The third kappa shape index (κ3) is 7.57. The molecule has 0 spiro atoms. The third-order valence-corrected chi connectivity index (χ3v) is 3.94. The van der Waals surface area contributed by atoms with E-state index in [0.717, 1.165) is 18.9 Å². The predicted octanol–water partition coefficient (Wildman–Crippen LogP) is 2.73. The zero-order chi connectivity index (χ0) is 13.9. The Morgan fingerprint density at radius 2 is 2.00 bits per heavy atom. The van der Waals surface area contributed by atoms with Crippen LogP contribution < -0.4 is 5.73 Å². The fourth-order valence-corrected chi connectivity index (χ4v) is 2.54. The van der Waals surface area contributed by atoms with Crippen molar-refractivity contribution >= 4 is 0 Å². The molecule has 110 valence electrons. The van der Waals surface area contributed by atoms with Crippen LogP contribution in [0.25, 0.3) is 0 Å². The highest BCUT2D eigenvalue weighted by atomic mass is 16.5. The van der Waals surface area contributed by atoms with Gasteiger partial charge in [0.15, 0.2) is 0 Å². The van der Waals surface area contributed by atoms with Crippen molar-refractivity contribution in [3.63, 3.8) is 0 Å². The molecule has 0 radical (unpaired) electrons. The molecule has 1 aliphatic rings. The number of hydrogen-bond acceptors (Lipinski definition) is 3. The van der Waals surface area contributed by atoms with Crippen molar-refractivity contribution in [2.75, 3.05) is 19.8 Å². The average molecular weight is 267 g/mol. The largest absolute Gasteiger partial charge is 0.379 e. The van der Waals surface area contributed by atoms with Crippen LogP contribution in [0.1, 0.15) is 51.9 Å². The fourth-order valence-electron chi connectivity index (χ4n) is 2.54. The van der Waals surface area contributed by atoms with Crippen LogP contribution in [0, 0.1) is 18.3 Å². The van der Waals surface area contributed by atoms with Crippen molar-refractivity contribution in [1.29, 1.82) is 0 Å². The lowest BCUT2D eigenvalue weighted by atomic mass is 9.86. The van der Waals surface area contributed by atoms with Crippen LogP contribution in [0.5, 0.6) is 0 Å². The van der Waals surface area contributed by atoms with Gasteiger partial charge in [-0.1, -0.05) is 13.3 Å². The second kappa shape index (κ2) is 10.3. The number of terminal acetylenes is 1. The van der Waals surface area contributed by atoms with Gasteiger partial charge in [0.2, 0.25) is 0 Å². The molecule has 19 heavy (non-hydrogen) atoms. The molecule has 0 heterocycles. The molecule has 1 saturated carbocycles. The maximum atomic E-state index is 5.96. The van der Waals surface area contributed by atoms with Gasteiger partial charge < -0.3 is 15.2 Å². The summed E-state index contributed by atoms with van der Waals surface area (Å²) in [6.45, 7) is 4.21. The minimum atomic E-state index is 0.0600. The molecular weight excluding hydrogens is 238 g/mol. The lowest BCUT2D eigenvalue weighted by Gasteiger charge is -2.28. The summed E-state index contributed by atoms with van der Waals surface area (Å²) in [6, 6.07) is 0.0600. The van der Waals surface area contributed by atoms with Gasteiger partial charge in [-0.05, 0) is 38.0 Å². The molecule has 1 unspecified atom stereocenters. The van der Waals surface area contributed by atoms with Gasteiger partial charge in [0.1, 0.15) is 0 Å². The highest BCUT2D eigenvalue weighted by Gasteiger charge is 2.20. The summed E-state index contributed by atoms with van der Waals surface area (Å²) in [6.07, 6.45) is 13.5. The summed E-state index contributed by atoms with van der Waals surface area (Å²) in [5.74, 6) is 3.47. The first kappa shape index (κ1) is 16.5. The lowest BCUT2D eigenvalue weighted by molar-refractivity contribution is 0.0104. The van der Waals surface area contributed by atoms with Crippen molar-refractivity contribution in [1.82, 2.24) is 0 Å². The van der Waals surface area contributed by atoms with E-state index in [1.54, 1.807) is 0 Å². The van der Waals surface area contributed by atoms with E-state index in [1.165, 1.54) is 32.1 Å².